The lowest BCUT2D eigenvalue weighted by Crippen LogP contribution is -2.30. The van der Waals surface area contributed by atoms with Crippen LogP contribution in [0.1, 0.15) is 297 Å². The third-order valence-electron chi connectivity index (χ3n) is 12.3. The number of esters is 3. The van der Waals surface area contributed by atoms with Gasteiger partial charge in [0.2, 0.25) is 0 Å². The highest BCUT2D eigenvalue weighted by Gasteiger charge is 2.19. The van der Waals surface area contributed by atoms with Crippen molar-refractivity contribution in [1.29, 1.82) is 0 Å². The molecule has 0 aliphatic heterocycles. The smallest absolute Gasteiger partial charge is 0.306 e. The lowest BCUT2D eigenvalue weighted by atomic mass is 10.1. The van der Waals surface area contributed by atoms with Crippen LogP contribution >= 0.6 is 0 Å². The average Bonchev–Trinajstić information content (AvgIpc) is 3.29. The van der Waals surface area contributed by atoms with Gasteiger partial charge in [-0.3, -0.25) is 14.4 Å². The minimum Gasteiger partial charge on any atom is -0.462 e. The van der Waals surface area contributed by atoms with Gasteiger partial charge in [0.1, 0.15) is 13.2 Å². The number of hydrogen-bond donors (Lipinski definition) is 0. The van der Waals surface area contributed by atoms with E-state index in [9.17, 15) is 14.4 Å². The topological polar surface area (TPSA) is 78.9 Å². The largest absolute Gasteiger partial charge is 0.462 e. The van der Waals surface area contributed by atoms with Gasteiger partial charge in [-0.15, -0.1) is 0 Å². The first-order valence-corrected chi connectivity index (χ1v) is 28.0. The van der Waals surface area contributed by atoms with Gasteiger partial charge >= 0.3 is 17.9 Å². The fourth-order valence-corrected chi connectivity index (χ4v) is 8.07. The summed E-state index contributed by atoms with van der Waals surface area (Å²) in [6.07, 6.45) is 62.7. The Labute approximate surface area is 397 Å². The van der Waals surface area contributed by atoms with Crippen molar-refractivity contribution in [2.75, 3.05) is 13.2 Å². The first-order valence-electron chi connectivity index (χ1n) is 28.0. The number of hydrogen-bond acceptors (Lipinski definition) is 6. The van der Waals surface area contributed by atoms with Gasteiger partial charge in [0, 0.05) is 19.3 Å². The number of unbranched alkanes of at least 4 members (excludes halogenated alkanes) is 34. The Hall–Kier alpha value is -2.37. The Kier molecular flexibility index (Phi) is 51.3. The van der Waals surface area contributed by atoms with Crippen molar-refractivity contribution in [2.24, 2.45) is 0 Å². The van der Waals surface area contributed by atoms with Crippen LogP contribution in [-0.4, -0.2) is 37.2 Å². The van der Waals surface area contributed by atoms with E-state index in [2.05, 4.69) is 57.2 Å². The molecule has 64 heavy (non-hydrogen) atoms. The molecule has 0 rings (SSSR count). The molecule has 374 valence electrons. The predicted molar refractivity (Wildman–Crippen MR) is 275 cm³/mol. The van der Waals surface area contributed by atoms with Gasteiger partial charge in [-0.25, -0.2) is 0 Å². The normalized spacial score (nSPS) is 12.2. The molecule has 0 fully saturated rings. The van der Waals surface area contributed by atoms with E-state index < -0.39 is 6.10 Å². The Morgan fingerprint density at radius 1 is 0.297 bits per heavy atom. The second kappa shape index (κ2) is 53.2. The van der Waals surface area contributed by atoms with Crippen LogP contribution in [0.25, 0.3) is 0 Å². The van der Waals surface area contributed by atoms with E-state index in [4.69, 9.17) is 14.2 Å². The molecule has 6 heteroatoms. The third kappa shape index (κ3) is 50.6. The van der Waals surface area contributed by atoms with E-state index in [-0.39, 0.29) is 31.1 Å². The van der Waals surface area contributed by atoms with Gasteiger partial charge in [-0.05, 0) is 96.3 Å². The number of ether oxygens (including phenoxy) is 3. The van der Waals surface area contributed by atoms with Crippen LogP contribution in [0, 0.1) is 0 Å². The maximum Gasteiger partial charge on any atom is 0.306 e. The molecule has 0 spiro atoms. The highest BCUT2D eigenvalue weighted by Crippen LogP contribution is 2.15. The molecule has 0 aliphatic rings. The minimum absolute atomic E-state index is 0.0769. The Bertz CT molecular complexity index is 1080. The van der Waals surface area contributed by atoms with Crippen molar-refractivity contribution in [3.63, 3.8) is 0 Å². The summed E-state index contributed by atoms with van der Waals surface area (Å²) in [6.45, 7) is 6.62. The highest BCUT2D eigenvalue weighted by molar-refractivity contribution is 5.71. The number of carbonyl (C=O) groups is 3. The minimum atomic E-state index is -0.777. The van der Waals surface area contributed by atoms with Crippen LogP contribution in [0.15, 0.2) is 36.5 Å². The van der Waals surface area contributed by atoms with Crippen LogP contribution in [0.3, 0.4) is 0 Å². The molecule has 0 N–H and O–H groups in total. The van der Waals surface area contributed by atoms with E-state index in [1.807, 2.05) is 0 Å². The summed E-state index contributed by atoms with van der Waals surface area (Å²) >= 11 is 0. The molecular formula is C58H106O6. The third-order valence-corrected chi connectivity index (χ3v) is 12.3. The maximum absolute atomic E-state index is 12.8. The lowest BCUT2D eigenvalue weighted by Gasteiger charge is -2.18. The molecule has 0 aromatic carbocycles. The van der Waals surface area contributed by atoms with Crippen molar-refractivity contribution < 1.29 is 28.6 Å². The summed E-state index contributed by atoms with van der Waals surface area (Å²) in [7, 11) is 0. The van der Waals surface area contributed by atoms with Crippen LogP contribution in [0.4, 0.5) is 0 Å². The summed E-state index contributed by atoms with van der Waals surface area (Å²) in [4.78, 5) is 38.0. The molecule has 0 heterocycles. The SMILES string of the molecule is CCCCC/C=C\CCCCCCCC(=O)OCC(COC(=O)CCCCCCCCC/C=C\CCCCCCCCCC)OC(=O)CCCCCCCCC/C=C\CCCCCC. The van der Waals surface area contributed by atoms with Gasteiger partial charge in [-0.1, -0.05) is 218 Å². The molecule has 0 saturated carbocycles. The van der Waals surface area contributed by atoms with E-state index in [1.165, 1.54) is 193 Å². The zero-order valence-corrected chi connectivity index (χ0v) is 42.8. The van der Waals surface area contributed by atoms with Crippen molar-refractivity contribution in [3.8, 4) is 0 Å². The lowest BCUT2D eigenvalue weighted by molar-refractivity contribution is -0.167. The fourth-order valence-electron chi connectivity index (χ4n) is 8.07. The summed E-state index contributed by atoms with van der Waals surface area (Å²) < 4.78 is 16.8. The monoisotopic (exact) mass is 899 g/mol. The number of carbonyl (C=O) groups excluding carboxylic acids is 3. The van der Waals surface area contributed by atoms with Crippen LogP contribution in [-0.2, 0) is 28.6 Å². The molecule has 0 aromatic rings. The second-order valence-electron chi connectivity index (χ2n) is 18.8. The van der Waals surface area contributed by atoms with E-state index in [0.717, 1.165) is 64.2 Å². The van der Waals surface area contributed by atoms with E-state index in [1.54, 1.807) is 0 Å². The Balaban J connectivity index is 4.33. The average molecular weight is 899 g/mol. The first kappa shape index (κ1) is 61.6. The highest BCUT2D eigenvalue weighted by atomic mass is 16.6. The van der Waals surface area contributed by atoms with Crippen LogP contribution in [0.5, 0.6) is 0 Å². The fraction of sp³-hybridized carbons (Fsp3) is 0.845. The van der Waals surface area contributed by atoms with Gasteiger partial charge in [-0.2, -0.15) is 0 Å². The zero-order valence-electron chi connectivity index (χ0n) is 42.8. The standard InChI is InChI=1S/C58H106O6/c1-4-7-10-13-16-19-22-25-27-28-29-30-32-33-36-39-42-45-48-51-57(60)63-54-55(53-62-56(59)50-47-44-41-38-35-24-21-18-15-12-9-6-3)64-58(61)52-49-46-43-40-37-34-31-26-23-20-17-14-11-8-5-2/h18,20-21,23,28-29,55H,4-17,19,22,24-27,30-54H2,1-3H3/b21-18-,23-20-,29-28-. The zero-order chi connectivity index (χ0) is 46.5. The first-order chi connectivity index (χ1) is 31.5. The maximum atomic E-state index is 12.8. The van der Waals surface area contributed by atoms with Gasteiger partial charge in [0.25, 0.3) is 0 Å². The molecular weight excluding hydrogens is 793 g/mol. The molecule has 6 nitrogen and oxygen atoms in total. The number of allylic oxidation sites excluding steroid dienone is 6. The number of rotatable bonds is 51. The summed E-state index contributed by atoms with van der Waals surface area (Å²) in [5, 5.41) is 0. The molecule has 0 aliphatic carbocycles. The molecule has 1 unspecified atom stereocenters. The van der Waals surface area contributed by atoms with Crippen LogP contribution < -0.4 is 0 Å². The van der Waals surface area contributed by atoms with Crippen LogP contribution in [0.2, 0.25) is 0 Å². The summed E-state index contributed by atoms with van der Waals surface area (Å²) in [6, 6.07) is 0. The summed E-state index contributed by atoms with van der Waals surface area (Å²) in [5.74, 6) is -0.882. The van der Waals surface area contributed by atoms with Gasteiger partial charge < -0.3 is 14.2 Å². The van der Waals surface area contributed by atoms with Crippen molar-refractivity contribution in [3.05, 3.63) is 36.5 Å². The Morgan fingerprint density at radius 2 is 0.516 bits per heavy atom. The quantitative estimate of drug-likeness (QED) is 0.0262. The second-order valence-corrected chi connectivity index (χ2v) is 18.8. The molecule has 0 radical (unpaired) electrons. The van der Waals surface area contributed by atoms with E-state index >= 15 is 0 Å². The molecule has 0 saturated heterocycles. The van der Waals surface area contributed by atoms with Crippen molar-refractivity contribution >= 4 is 17.9 Å². The predicted octanol–water partition coefficient (Wildman–Crippen LogP) is 18.5. The van der Waals surface area contributed by atoms with Crippen molar-refractivity contribution in [1.82, 2.24) is 0 Å². The molecule has 0 bridgehead atoms. The summed E-state index contributed by atoms with van der Waals surface area (Å²) in [5.41, 5.74) is 0. The molecule has 0 aromatic heterocycles. The van der Waals surface area contributed by atoms with Gasteiger partial charge in [0.15, 0.2) is 6.10 Å². The van der Waals surface area contributed by atoms with Crippen molar-refractivity contribution in [2.45, 2.75) is 303 Å². The molecule has 1 atom stereocenters. The van der Waals surface area contributed by atoms with E-state index in [0.29, 0.717) is 19.3 Å². The Morgan fingerprint density at radius 3 is 0.828 bits per heavy atom. The molecule has 0 amide bonds. The van der Waals surface area contributed by atoms with Gasteiger partial charge in [0.05, 0.1) is 0 Å².